The van der Waals surface area contributed by atoms with E-state index in [2.05, 4.69) is 106 Å². The summed E-state index contributed by atoms with van der Waals surface area (Å²) in [6.07, 6.45) is 71.2. The van der Waals surface area contributed by atoms with E-state index in [9.17, 15) is 14.4 Å². The highest BCUT2D eigenvalue weighted by Crippen LogP contribution is 2.11. The van der Waals surface area contributed by atoms with E-state index < -0.39 is 6.10 Å². The second-order valence-electron chi connectivity index (χ2n) is 15.4. The summed E-state index contributed by atoms with van der Waals surface area (Å²) < 4.78 is 16.6. The van der Waals surface area contributed by atoms with Gasteiger partial charge in [0.05, 0.1) is 0 Å². The van der Waals surface area contributed by atoms with Crippen LogP contribution in [-0.4, -0.2) is 37.2 Å². The third kappa shape index (κ3) is 48.2. The number of carbonyl (C=O) groups is 3. The Labute approximate surface area is 385 Å². The molecule has 350 valence electrons. The molecule has 63 heavy (non-hydrogen) atoms. The van der Waals surface area contributed by atoms with E-state index in [4.69, 9.17) is 14.2 Å². The zero-order valence-corrected chi connectivity index (χ0v) is 39.8. The van der Waals surface area contributed by atoms with E-state index in [1.165, 1.54) is 25.7 Å². The highest BCUT2D eigenvalue weighted by atomic mass is 16.6. The molecule has 0 aromatic heterocycles. The Balaban J connectivity index is 4.55. The fraction of sp³-hybridized carbons (Fsp3) is 0.526. The molecule has 0 bridgehead atoms. The van der Waals surface area contributed by atoms with Crippen molar-refractivity contribution in [2.45, 2.75) is 181 Å². The van der Waals surface area contributed by atoms with Crippen LogP contribution in [0.15, 0.2) is 146 Å². The van der Waals surface area contributed by atoms with Crippen LogP contribution in [0.25, 0.3) is 0 Å². The fourth-order valence-corrected chi connectivity index (χ4v) is 5.85. The lowest BCUT2D eigenvalue weighted by Crippen LogP contribution is -2.30. The van der Waals surface area contributed by atoms with Gasteiger partial charge in [0.2, 0.25) is 0 Å². The van der Waals surface area contributed by atoms with Crippen molar-refractivity contribution in [3.05, 3.63) is 146 Å². The summed E-state index contributed by atoms with van der Waals surface area (Å²) in [6, 6.07) is 0. The molecule has 6 nitrogen and oxygen atoms in total. The third-order valence-electron chi connectivity index (χ3n) is 9.47. The van der Waals surface area contributed by atoms with Crippen molar-refractivity contribution in [3.63, 3.8) is 0 Å². The maximum Gasteiger partial charge on any atom is 0.306 e. The first-order valence-corrected chi connectivity index (χ1v) is 24.4. The van der Waals surface area contributed by atoms with Crippen LogP contribution in [0, 0.1) is 0 Å². The minimum absolute atomic E-state index is 0.129. The smallest absolute Gasteiger partial charge is 0.306 e. The zero-order chi connectivity index (χ0) is 45.8. The van der Waals surface area contributed by atoms with Crippen LogP contribution >= 0.6 is 0 Å². The second kappa shape index (κ2) is 49.9. The van der Waals surface area contributed by atoms with E-state index >= 15 is 0 Å². The van der Waals surface area contributed by atoms with Crippen LogP contribution in [0.5, 0.6) is 0 Å². The van der Waals surface area contributed by atoms with Crippen molar-refractivity contribution in [1.82, 2.24) is 0 Å². The maximum absolute atomic E-state index is 12.8. The topological polar surface area (TPSA) is 78.9 Å². The van der Waals surface area contributed by atoms with Crippen molar-refractivity contribution >= 4 is 17.9 Å². The first-order valence-electron chi connectivity index (χ1n) is 24.4. The van der Waals surface area contributed by atoms with E-state index in [0.717, 1.165) is 96.3 Å². The van der Waals surface area contributed by atoms with Gasteiger partial charge in [-0.1, -0.05) is 199 Å². The summed E-state index contributed by atoms with van der Waals surface area (Å²) >= 11 is 0. The average molecular weight is 867 g/mol. The zero-order valence-electron chi connectivity index (χ0n) is 39.8. The van der Waals surface area contributed by atoms with Crippen LogP contribution in [-0.2, 0) is 28.6 Å². The number of esters is 3. The molecule has 0 N–H and O–H groups in total. The molecular weight excluding hydrogens is 781 g/mol. The number of hydrogen-bond acceptors (Lipinski definition) is 6. The molecule has 0 aromatic rings. The molecule has 0 aromatic carbocycles. The molecule has 1 atom stereocenters. The molecule has 0 aliphatic carbocycles. The first-order chi connectivity index (χ1) is 31.0. The van der Waals surface area contributed by atoms with Crippen LogP contribution in [0.3, 0.4) is 0 Å². The number of rotatable bonds is 41. The quantitative estimate of drug-likeness (QED) is 0.0200. The number of carbonyl (C=O) groups excluding carboxylic acids is 3. The summed E-state index contributed by atoms with van der Waals surface area (Å²) in [4.78, 5) is 37.8. The van der Waals surface area contributed by atoms with Gasteiger partial charge in [0.15, 0.2) is 6.10 Å². The molecule has 1 unspecified atom stereocenters. The highest BCUT2D eigenvalue weighted by molar-refractivity contribution is 5.71. The molecule has 0 aliphatic rings. The predicted octanol–water partition coefficient (Wildman–Crippen LogP) is 16.1. The minimum Gasteiger partial charge on any atom is -0.462 e. The number of allylic oxidation sites excluding steroid dienone is 24. The average Bonchev–Trinajstić information content (AvgIpc) is 3.28. The lowest BCUT2D eigenvalue weighted by atomic mass is 10.1. The fourth-order valence-electron chi connectivity index (χ4n) is 5.85. The molecule has 0 amide bonds. The van der Waals surface area contributed by atoms with E-state index in [-0.39, 0.29) is 44.0 Å². The van der Waals surface area contributed by atoms with Crippen LogP contribution in [0.2, 0.25) is 0 Å². The van der Waals surface area contributed by atoms with E-state index in [1.807, 2.05) is 60.8 Å². The Hall–Kier alpha value is -4.71. The van der Waals surface area contributed by atoms with Gasteiger partial charge in [-0.2, -0.15) is 0 Å². The number of hydrogen-bond donors (Lipinski definition) is 0. The molecule has 0 fully saturated rings. The van der Waals surface area contributed by atoms with Gasteiger partial charge in [-0.05, 0) is 103 Å². The Morgan fingerprint density at radius 3 is 1.21 bits per heavy atom. The van der Waals surface area contributed by atoms with Crippen LogP contribution in [0.4, 0.5) is 0 Å². The molecule has 0 rings (SSSR count). The van der Waals surface area contributed by atoms with Gasteiger partial charge >= 0.3 is 17.9 Å². The molecule has 6 heteroatoms. The van der Waals surface area contributed by atoms with Crippen molar-refractivity contribution < 1.29 is 28.6 Å². The summed E-state index contributed by atoms with van der Waals surface area (Å²) in [7, 11) is 0. The predicted molar refractivity (Wildman–Crippen MR) is 269 cm³/mol. The second-order valence-corrected chi connectivity index (χ2v) is 15.4. The molecule has 0 aliphatic heterocycles. The lowest BCUT2D eigenvalue weighted by molar-refractivity contribution is -0.167. The molecule has 0 saturated carbocycles. The van der Waals surface area contributed by atoms with Crippen LogP contribution < -0.4 is 0 Å². The van der Waals surface area contributed by atoms with Crippen molar-refractivity contribution in [1.29, 1.82) is 0 Å². The largest absolute Gasteiger partial charge is 0.462 e. The van der Waals surface area contributed by atoms with Crippen molar-refractivity contribution in [2.24, 2.45) is 0 Å². The SMILES string of the molecule is CC\C=C/C=C\C=C/C=C\C=C\C=C/CCCCCC(=O)OC(COC(=O)CCC/C=C\CCCCCC)COC(=O)CCCCC/C=C\C/C=C\C/C=C\C/C=C\C/C=C\CC. The van der Waals surface area contributed by atoms with Gasteiger partial charge in [0.1, 0.15) is 13.2 Å². The summed E-state index contributed by atoms with van der Waals surface area (Å²) in [5, 5.41) is 0. The standard InChI is InChI=1S/C57H86O6/c1-4-7-10-13-16-19-21-23-25-27-28-30-31-33-35-38-41-44-47-50-56(59)62-53-54(52-61-55(58)49-46-43-40-37-18-15-12-9-6-3)63-57(60)51-48-45-42-39-36-34-32-29-26-24-22-20-17-14-11-8-5-2/h7-8,10-11,14,16-17,19-20,22-26,28-30,32-37,40,54H,4-6,9,12-13,15,18,21,27,31,38-39,41-53H2,1-3H3/b10-7-,11-8-,17-14-,19-16-,22-20-,25-23-,26-24-,30-28-,32-29+,35-33-,36-34-,40-37-. The molecule has 0 spiro atoms. The van der Waals surface area contributed by atoms with Gasteiger partial charge in [0.25, 0.3) is 0 Å². The Morgan fingerprint density at radius 2 is 0.714 bits per heavy atom. The maximum atomic E-state index is 12.8. The number of ether oxygens (including phenoxy) is 3. The van der Waals surface area contributed by atoms with Gasteiger partial charge in [-0.25, -0.2) is 0 Å². The first kappa shape index (κ1) is 58.3. The van der Waals surface area contributed by atoms with Gasteiger partial charge < -0.3 is 14.2 Å². The highest BCUT2D eigenvalue weighted by Gasteiger charge is 2.19. The van der Waals surface area contributed by atoms with Crippen LogP contribution in [0.1, 0.15) is 175 Å². The summed E-state index contributed by atoms with van der Waals surface area (Å²) in [5.74, 6) is -1.05. The number of unbranched alkanes of at least 4 members (excludes halogenated alkanes) is 11. The van der Waals surface area contributed by atoms with Gasteiger partial charge in [0, 0.05) is 19.3 Å². The minimum atomic E-state index is -0.831. The lowest BCUT2D eigenvalue weighted by Gasteiger charge is -2.18. The van der Waals surface area contributed by atoms with Crippen molar-refractivity contribution in [3.8, 4) is 0 Å². The normalized spacial score (nSPS) is 13.4. The molecular formula is C57H86O6. The molecule has 0 saturated heterocycles. The molecule has 0 radical (unpaired) electrons. The Morgan fingerprint density at radius 1 is 0.349 bits per heavy atom. The monoisotopic (exact) mass is 867 g/mol. The van der Waals surface area contributed by atoms with Gasteiger partial charge in [-0.15, -0.1) is 0 Å². The third-order valence-corrected chi connectivity index (χ3v) is 9.47. The Bertz CT molecular complexity index is 1460. The van der Waals surface area contributed by atoms with E-state index in [0.29, 0.717) is 19.3 Å². The van der Waals surface area contributed by atoms with E-state index in [1.54, 1.807) is 0 Å². The summed E-state index contributed by atoms with van der Waals surface area (Å²) in [6.45, 7) is 6.21. The summed E-state index contributed by atoms with van der Waals surface area (Å²) in [5.41, 5.74) is 0. The van der Waals surface area contributed by atoms with Gasteiger partial charge in [-0.3, -0.25) is 14.4 Å². The Kier molecular flexibility index (Phi) is 46.2. The molecule has 0 heterocycles. The van der Waals surface area contributed by atoms with Crippen molar-refractivity contribution in [2.75, 3.05) is 13.2 Å².